The Morgan fingerprint density at radius 2 is 2.35 bits per heavy atom. The number of aliphatic hydroxyl groups is 1. The number of nitrogens with zero attached hydrogens (tertiary/aromatic N) is 2. The standard InChI is InChI=1S/C14H16ClFN2O2/c1-20-11-4-10(8-19)18(7-11)6-9-2-3-13(16)12(5-17)14(9)15/h2-3,10-11,19H,4,6-8H2,1H3/t10-,11+/m0/s1. The molecule has 4 nitrogen and oxygen atoms in total. The van der Waals surface area contributed by atoms with E-state index in [0.29, 0.717) is 18.7 Å². The topological polar surface area (TPSA) is 56.5 Å². The van der Waals surface area contributed by atoms with Crippen LogP contribution in [-0.4, -0.2) is 42.4 Å². The van der Waals surface area contributed by atoms with Crippen LogP contribution in [0.3, 0.4) is 0 Å². The molecule has 0 saturated carbocycles. The van der Waals surface area contributed by atoms with E-state index in [1.165, 1.54) is 6.07 Å². The van der Waals surface area contributed by atoms with Gasteiger partial charge < -0.3 is 9.84 Å². The van der Waals surface area contributed by atoms with Crippen molar-refractivity contribution >= 4 is 11.6 Å². The van der Waals surface area contributed by atoms with Crippen LogP contribution in [0.2, 0.25) is 5.02 Å². The number of aliphatic hydroxyl groups excluding tert-OH is 1. The molecule has 1 aromatic carbocycles. The van der Waals surface area contributed by atoms with Gasteiger partial charge in [0.2, 0.25) is 0 Å². The van der Waals surface area contributed by atoms with Gasteiger partial charge in [-0.05, 0) is 18.1 Å². The van der Waals surface area contributed by atoms with Crippen LogP contribution in [0.1, 0.15) is 17.5 Å². The third-order valence-electron chi connectivity index (χ3n) is 3.69. The number of likely N-dealkylation sites (tertiary alicyclic amines) is 1. The van der Waals surface area contributed by atoms with E-state index in [1.54, 1.807) is 19.2 Å². The molecule has 2 atom stereocenters. The summed E-state index contributed by atoms with van der Waals surface area (Å²) in [4.78, 5) is 2.04. The number of ether oxygens (including phenoxy) is 1. The third kappa shape index (κ3) is 2.94. The van der Waals surface area contributed by atoms with Gasteiger partial charge in [-0.2, -0.15) is 5.26 Å². The predicted molar refractivity (Wildman–Crippen MR) is 72.8 cm³/mol. The summed E-state index contributed by atoms with van der Waals surface area (Å²) in [6.45, 7) is 1.17. The average molecular weight is 299 g/mol. The average Bonchev–Trinajstić information content (AvgIpc) is 2.85. The van der Waals surface area contributed by atoms with Gasteiger partial charge >= 0.3 is 0 Å². The Kier molecular flexibility index (Phi) is 4.95. The van der Waals surface area contributed by atoms with E-state index in [4.69, 9.17) is 21.6 Å². The molecule has 20 heavy (non-hydrogen) atoms. The van der Waals surface area contributed by atoms with Gasteiger partial charge in [0.25, 0.3) is 0 Å². The van der Waals surface area contributed by atoms with Crippen LogP contribution in [0, 0.1) is 17.1 Å². The molecule has 1 fully saturated rings. The monoisotopic (exact) mass is 298 g/mol. The minimum atomic E-state index is -0.615. The summed E-state index contributed by atoms with van der Waals surface area (Å²) in [5, 5.41) is 18.5. The molecule has 0 aliphatic carbocycles. The number of nitriles is 1. The van der Waals surface area contributed by atoms with Gasteiger partial charge in [0.1, 0.15) is 17.4 Å². The number of hydrogen-bond acceptors (Lipinski definition) is 4. The number of halogens is 2. The summed E-state index contributed by atoms with van der Waals surface area (Å²) < 4.78 is 18.7. The van der Waals surface area contributed by atoms with E-state index in [9.17, 15) is 9.50 Å². The van der Waals surface area contributed by atoms with Crippen molar-refractivity contribution in [2.75, 3.05) is 20.3 Å². The molecule has 0 unspecified atom stereocenters. The van der Waals surface area contributed by atoms with E-state index in [1.807, 2.05) is 4.90 Å². The van der Waals surface area contributed by atoms with E-state index in [0.717, 1.165) is 6.42 Å². The third-order valence-corrected chi connectivity index (χ3v) is 4.12. The molecule has 1 saturated heterocycles. The predicted octanol–water partition coefficient (Wildman–Crippen LogP) is 1.93. The van der Waals surface area contributed by atoms with Crippen LogP contribution in [0.4, 0.5) is 4.39 Å². The van der Waals surface area contributed by atoms with Crippen molar-refractivity contribution < 1.29 is 14.2 Å². The van der Waals surface area contributed by atoms with Crippen molar-refractivity contribution in [1.29, 1.82) is 5.26 Å². The normalized spacial score (nSPS) is 22.9. The van der Waals surface area contributed by atoms with Gasteiger partial charge in [-0.1, -0.05) is 17.7 Å². The summed E-state index contributed by atoms with van der Waals surface area (Å²) in [5.41, 5.74) is 0.548. The van der Waals surface area contributed by atoms with Gasteiger partial charge in [0, 0.05) is 26.2 Å². The number of hydrogen-bond donors (Lipinski definition) is 1. The summed E-state index contributed by atoms with van der Waals surface area (Å²) in [6.07, 6.45) is 0.818. The Balaban J connectivity index is 2.20. The molecule has 1 N–H and O–H groups in total. The van der Waals surface area contributed by atoms with E-state index < -0.39 is 5.82 Å². The lowest BCUT2D eigenvalue weighted by Gasteiger charge is -2.23. The molecule has 1 aromatic rings. The second-order valence-corrected chi connectivity index (χ2v) is 5.24. The number of methoxy groups -OCH3 is 1. The maximum absolute atomic E-state index is 13.4. The van der Waals surface area contributed by atoms with Crippen LogP contribution in [0.5, 0.6) is 0 Å². The summed E-state index contributed by atoms with van der Waals surface area (Å²) in [5.74, 6) is -0.615. The Morgan fingerprint density at radius 3 is 2.95 bits per heavy atom. The van der Waals surface area contributed by atoms with Gasteiger partial charge in [0.05, 0.1) is 17.7 Å². The minimum absolute atomic E-state index is 0.00777. The molecule has 0 bridgehead atoms. The highest BCUT2D eigenvalue weighted by Crippen LogP contribution is 2.28. The van der Waals surface area contributed by atoms with E-state index in [2.05, 4.69) is 0 Å². The van der Waals surface area contributed by atoms with E-state index >= 15 is 0 Å². The first kappa shape index (κ1) is 15.2. The number of rotatable bonds is 4. The molecule has 2 rings (SSSR count). The first-order chi connectivity index (χ1) is 9.60. The highest BCUT2D eigenvalue weighted by atomic mass is 35.5. The van der Waals surface area contributed by atoms with Crippen molar-refractivity contribution in [3.63, 3.8) is 0 Å². The highest BCUT2D eigenvalue weighted by molar-refractivity contribution is 6.32. The second-order valence-electron chi connectivity index (χ2n) is 4.87. The Labute approximate surface area is 122 Å². The van der Waals surface area contributed by atoms with Crippen molar-refractivity contribution in [3.05, 3.63) is 34.1 Å². The quantitative estimate of drug-likeness (QED) is 0.923. The van der Waals surface area contributed by atoms with Crippen molar-refractivity contribution in [1.82, 2.24) is 4.90 Å². The van der Waals surface area contributed by atoms with E-state index in [-0.39, 0.29) is 29.3 Å². The summed E-state index contributed by atoms with van der Waals surface area (Å²) in [6, 6.07) is 4.59. The lowest BCUT2D eigenvalue weighted by atomic mass is 10.1. The molecule has 0 radical (unpaired) electrons. The second kappa shape index (κ2) is 6.51. The molecule has 1 aliphatic rings. The molecule has 1 heterocycles. The van der Waals surface area contributed by atoms with Crippen LogP contribution in [-0.2, 0) is 11.3 Å². The maximum Gasteiger partial charge on any atom is 0.142 e. The van der Waals surface area contributed by atoms with Crippen molar-refractivity contribution in [2.45, 2.75) is 25.1 Å². The zero-order chi connectivity index (χ0) is 14.7. The highest BCUT2D eigenvalue weighted by Gasteiger charge is 2.32. The van der Waals surface area contributed by atoms with Crippen LogP contribution in [0.25, 0.3) is 0 Å². The van der Waals surface area contributed by atoms with Crippen LogP contribution < -0.4 is 0 Å². The zero-order valence-electron chi connectivity index (χ0n) is 11.1. The minimum Gasteiger partial charge on any atom is -0.395 e. The molecule has 108 valence electrons. The fourth-order valence-electron chi connectivity index (χ4n) is 2.53. The molecule has 0 aromatic heterocycles. The van der Waals surface area contributed by atoms with Gasteiger partial charge in [-0.15, -0.1) is 0 Å². The van der Waals surface area contributed by atoms with Crippen molar-refractivity contribution in [3.8, 4) is 6.07 Å². The van der Waals surface area contributed by atoms with Gasteiger partial charge in [-0.25, -0.2) is 4.39 Å². The molecule has 0 amide bonds. The van der Waals surface area contributed by atoms with Crippen LogP contribution in [0.15, 0.2) is 12.1 Å². The lowest BCUT2D eigenvalue weighted by Crippen LogP contribution is -2.32. The molecular formula is C14H16ClFN2O2. The Bertz CT molecular complexity index is 533. The van der Waals surface area contributed by atoms with Crippen molar-refractivity contribution in [2.24, 2.45) is 0 Å². The summed E-state index contributed by atoms with van der Waals surface area (Å²) in [7, 11) is 1.64. The molecule has 0 spiro atoms. The maximum atomic E-state index is 13.4. The smallest absolute Gasteiger partial charge is 0.142 e. The first-order valence-corrected chi connectivity index (χ1v) is 6.73. The fraction of sp³-hybridized carbons (Fsp3) is 0.500. The molecule has 6 heteroatoms. The first-order valence-electron chi connectivity index (χ1n) is 6.35. The molecular weight excluding hydrogens is 283 g/mol. The lowest BCUT2D eigenvalue weighted by molar-refractivity contribution is 0.107. The zero-order valence-corrected chi connectivity index (χ0v) is 11.9. The Morgan fingerprint density at radius 1 is 1.60 bits per heavy atom. The molecule has 1 aliphatic heterocycles. The SMILES string of the molecule is CO[C@@H]1C[C@@H](CO)N(Cc2ccc(F)c(C#N)c2Cl)C1. The van der Waals surface area contributed by atoms with Gasteiger partial charge in [-0.3, -0.25) is 4.90 Å². The van der Waals surface area contributed by atoms with Crippen LogP contribution >= 0.6 is 11.6 Å². The van der Waals surface area contributed by atoms with Gasteiger partial charge in [0.15, 0.2) is 0 Å². The fourth-order valence-corrected chi connectivity index (χ4v) is 2.79. The number of benzene rings is 1. The summed E-state index contributed by atoms with van der Waals surface area (Å²) >= 11 is 6.07. The largest absolute Gasteiger partial charge is 0.395 e. The Hall–Kier alpha value is -1.19.